The highest BCUT2D eigenvalue weighted by Crippen LogP contribution is 2.26. The van der Waals surface area contributed by atoms with Crippen LogP contribution in [0.5, 0.6) is 17.2 Å². The van der Waals surface area contributed by atoms with E-state index in [0.29, 0.717) is 31.0 Å². The van der Waals surface area contributed by atoms with Crippen molar-refractivity contribution in [1.29, 1.82) is 0 Å². The molecule has 0 saturated carbocycles. The van der Waals surface area contributed by atoms with E-state index in [4.69, 9.17) is 14.2 Å². The number of carbonyl (C=O) groups is 1. The highest BCUT2D eigenvalue weighted by molar-refractivity contribution is 5.94. The number of methoxy groups -OCH3 is 2. The van der Waals surface area contributed by atoms with Gasteiger partial charge in [0.25, 0.3) is 5.91 Å². The SMILES string of the molecule is COc1ccc(C(=O)N2CCc3ccc(OCc4ccc(OC)cn4)cc3C2)cc1. The topological polar surface area (TPSA) is 60.9 Å². The molecule has 1 aromatic heterocycles. The second-order valence-corrected chi connectivity index (χ2v) is 7.11. The van der Waals surface area contributed by atoms with Crippen LogP contribution < -0.4 is 14.2 Å². The van der Waals surface area contributed by atoms with Gasteiger partial charge in [-0.05, 0) is 66.1 Å². The molecule has 30 heavy (non-hydrogen) atoms. The summed E-state index contributed by atoms with van der Waals surface area (Å²) in [5, 5.41) is 0. The Hall–Kier alpha value is -3.54. The van der Waals surface area contributed by atoms with Gasteiger partial charge in [0.05, 0.1) is 26.1 Å². The molecule has 3 aromatic rings. The summed E-state index contributed by atoms with van der Waals surface area (Å²) in [6, 6.07) is 17.1. The summed E-state index contributed by atoms with van der Waals surface area (Å²) in [4.78, 5) is 19.1. The highest BCUT2D eigenvalue weighted by atomic mass is 16.5. The Morgan fingerprint density at radius 1 is 0.933 bits per heavy atom. The number of amides is 1. The van der Waals surface area contributed by atoms with Crippen LogP contribution in [0.3, 0.4) is 0 Å². The number of rotatable bonds is 6. The van der Waals surface area contributed by atoms with E-state index in [0.717, 1.165) is 29.2 Å². The number of aromatic nitrogens is 1. The van der Waals surface area contributed by atoms with E-state index in [2.05, 4.69) is 11.1 Å². The third-order valence-electron chi connectivity index (χ3n) is 5.23. The first-order valence-corrected chi connectivity index (χ1v) is 9.83. The molecule has 2 aromatic carbocycles. The second kappa shape index (κ2) is 8.86. The highest BCUT2D eigenvalue weighted by Gasteiger charge is 2.22. The first-order valence-electron chi connectivity index (χ1n) is 9.83. The van der Waals surface area contributed by atoms with Crippen LogP contribution in [0.2, 0.25) is 0 Å². The van der Waals surface area contributed by atoms with Crippen molar-refractivity contribution in [3.63, 3.8) is 0 Å². The first kappa shape index (κ1) is 19.8. The number of ether oxygens (including phenoxy) is 3. The van der Waals surface area contributed by atoms with Crippen molar-refractivity contribution in [2.45, 2.75) is 19.6 Å². The lowest BCUT2D eigenvalue weighted by atomic mass is 9.99. The molecule has 0 spiro atoms. The van der Waals surface area contributed by atoms with E-state index in [1.54, 1.807) is 32.5 Å². The van der Waals surface area contributed by atoms with Crippen molar-refractivity contribution < 1.29 is 19.0 Å². The minimum atomic E-state index is 0.0251. The molecule has 6 nitrogen and oxygen atoms in total. The van der Waals surface area contributed by atoms with E-state index in [1.807, 2.05) is 41.3 Å². The fraction of sp³-hybridized carbons (Fsp3) is 0.250. The molecule has 0 radical (unpaired) electrons. The molecule has 1 aliphatic heterocycles. The third-order valence-corrected chi connectivity index (χ3v) is 5.23. The zero-order valence-corrected chi connectivity index (χ0v) is 17.1. The van der Waals surface area contributed by atoms with Crippen molar-refractivity contribution in [1.82, 2.24) is 9.88 Å². The van der Waals surface area contributed by atoms with Crippen LogP contribution in [-0.2, 0) is 19.6 Å². The van der Waals surface area contributed by atoms with E-state index in [-0.39, 0.29) is 5.91 Å². The maximum Gasteiger partial charge on any atom is 0.254 e. The zero-order valence-electron chi connectivity index (χ0n) is 17.1. The number of fused-ring (bicyclic) bond motifs is 1. The molecule has 0 unspecified atom stereocenters. The number of carbonyl (C=O) groups excluding carboxylic acids is 1. The maximum absolute atomic E-state index is 12.9. The van der Waals surface area contributed by atoms with Crippen LogP contribution in [0.25, 0.3) is 0 Å². The molecule has 0 atom stereocenters. The van der Waals surface area contributed by atoms with Crippen LogP contribution in [0.4, 0.5) is 0 Å². The molecule has 0 fully saturated rings. The van der Waals surface area contributed by atoms with Gasteiger partial charge in [-0.25, -0.2) is 0 Å². The summed E-state index contributed by atoms with van der Waals surface area (Å²) in [5.74, 6) is 2.25. The first-order chi connectivity index (χ1) is 14.7. The summed E-state index contributed by atoms with van der Waals surface area (Å²) in [6.45, 7) is 1.64. The summed E-state index contributed by atoms with van der Waals surface area (Å²) in [5.41, 5.74) is 3.86. The van der Waals surface area contributed by atoms with E-state index < -0.39 is 0 Å². The van der Waals surface area contributed by atoms with Gasteiger partial charge in [0, 0.05) is 18.7 Å². The standard InChI is InChI=1S/C24H24N2O4/c1-28-21-7-4-18(5-8-21)24(27)26-12-11-17-3-9-22(13-19(17)15-26)30-16-20-6-10-23(29-2)14-25-20/h3-10,13-14H,11-12,15-16H2,1-2H3. The Bertz CT molecular complexity index is 1020. The van der Waals surface area contributed by atoms with Crippen molar-refractivity contribution in [3.05, 3.63) is 83.2 Å². The molecule has 0 bridgehead atoms. The van der Waals surface area contributed by atoms with Gasteiger partial charge >= 0.3 is 0 Å². The lowest BCUT2D eigenvalue weighted by molar-refractivity contribution is 0.0734. The quantitative estimate of drug-likeness (QED) is 0.624. The van der Waals surface area contributed by atoms with Gasteiger partial charge in [0.1, 0.15) is 23.9 Å². The summed E-state index contributed by atoms with van der Waals surface area (Å²) >= 11 is 0. The third kappa shape index (κ3) is 4.38. The Labute approximate surface area is 176 Å². The van der Waals surface area contributed by atoms with Crippen molar-refractivity contribution >= 4 is 5.91 Å². The van der Waals surface area contributed by atoms with Crippen LogP contribution in [-0.4, -0.2) is 36.6 Å². The van der Waals surface area contributed by atoms with Gasteiger partial charge in [-0.3, -0.25) is 9.78 Å². The Morgan fingerprint density at radius 3 is 2.37 bits per heavy atom. The van der Waals surface area contributed by atoms with Gasteiger partial charge < -0.3 is 19.1 Å². The van der Waals surface area contributed by atoms with Gasteiger partial charge in [-0.15, -0.1) is 0 Å². The average Bonchev–Trinajstić information content (AvgIpc) is 2.82. The molecule has 1 aliphatic rings. The largest absolute Gasteiger partial charge is 0.497 e. The van der Waals surface area contributed by atoms with Crippen molar-refractivity contribution in [2.75, 3.05) is 20.8 Å². The van der Waals surface area contributed by atoms with Crippen LogP contribution in [0.15, 0.2) is 60.8 Å². The summed E-state index contributed by atoms with van der Waals surface area (Å²) < 4.78 is 16.2. The van der Waals surface area contributed by atoms with Crippen LogP contribution in [0.1, 0.15) is 27.2 Å². The monoisotopic (exact) mass is 404 g/mol. The van der Waals surface area contributed by atoms with Crippen molar-refractivity contribution in [2.24, 2.45) is 0 Å². The second-order valence-electron chi connectivity index (χ2n) is 7.11. The molecule has 154 valence electrons. The minimum absolute atomic E-state index is 0.0251. The minimum Gasteiger partial charge on any atom is -0.497 e. The molecular weight excluding hydrogens is 380 g/mol. The van der Waals surface area contributed by atoms with Gasteiger partial charge in [0.15, 0.2) is 0 Å². The predicted molar refractivity (Wildman–Crippen MR) is 113 cm³/mol. The molecule has 2 heterocycles. The average molecular weight is 404 g/mol. The molecule has 0 saturated heterocycles. The van der Waals surface area contributed by atoms with Crippen molar-refractivity contribution in [3.8, 4) is 17.2 Å². The molecule has 0 aliphatic carbocycles. The maximum atomic E-state index is 12.9. The Morgan fingerprint density at radius 2 is 1.67 bits per heavy atom. The fourth-order valence-electron chi connectivity index (χ4n) is 3.49. The van der Waals surface area contributed by atoms with Gasteiger partial charge in [-0.1, -0.05) is 6.07 Å². The summed E-state index contributed by atoms with van der Waals surface area (Å²) in [7, 11) is 3.23. The Balaban J connectivity index is 1.42. The van der Waals surface area contributed by atoms with Crippen LogP contribution >= 0.6 is 0 Å². The van der Waals surface area contributed by atoms with Gasteiger partial charge in [-0.2, -0.15) is 0 Å². The molecular formula is C24H24N2O4. The molecule has 6 heteroatoms. The zero-order chi connectivity index (χ0) is 20.9. The van der Waals surface area contributed by atoms with E-state index in [9.17, 15) is 4.79 Å². The molecule has 0 N–H and O–H groups in total. The fourth-order valence-corrected chi connectivity index (χ4v) is 3.49. The lowest BCUT2D eigenvalue weighted by Crippen LogP contribution is -2.35. The number of pyridine rings is 1. The van der Waals surface area contributed by atoms with E-state index in [1.165, 1.54) is 5.56 Å². The molecule has 1 amide bonds. The number of benzene rings is 2. The number of hydrogen-bond acceptors (Lipinski definition) is 5. The number of nitrogens with zero attached hydrogens (tertiary/aromatic N) is 2. The Kier molecular flexibility index (Phi) is 5.84. The van der Waals surface area contributed by atoms with Gasteiger partial charge in [0.2, 0.25) is 0 Å². The lowest BCUT2D eigenvalue weighted by Gasteiger charge is -2.29. The van der Waals surface area contributed by atoms with Crippen LogP contribution in [0, 0.1) is 0 Å². The summed E-state index contributed by atoms with van der Waals surface area (Å²) in [6.07, 6.45) is 2.51. The van der Waals surface area contributed by atoms with E-state index >= 15 is 0 Å². The molecule has 4 rings (SSSR count). The number of hydrogen-bond donors (Lipinski definition) is 0. The normalized spacial score (nSPS) is 12.8. The smallest absolute Gasteiger partial charge is 0.254 e. The predicted octanol–water partition coefficient (Wildman–Crippen LogP) is 3.88.